The summed E-state index contributed by atoms with van der Waals surface area (Å²) in [5, 5.41) is 6.56. The van der Waals surface area contributed by atoms with Crippen LogP contribution in [0.15, 0.2) is 59.7 Å². The highest BCUT2D eigenvalue weighted by Gasteiger charge is 1.98. The lowest BCUT2D eigenvalue weighted by Crippen LogP contribution is -2.38. The van der Waals surface area contributed by atoms with Crippen molar-refractivity contribution in [3.8, 4) is 0 Å². The minimum atomic E-state index is 0.603. The fourth-order valence-electron chi connectivity index (χ4n) is 2.18. The van der Waals surface area contributed by atoms with E-state index in [0.717, 1.165) is 31.2 Å². The Bertz CT molecular complexity index is 587. The van der Waals surface area contributed by atoms with Gasteiger partial charge >= 0.3 is 0 Å². The Labute approximate surface area is 144 Å². The van der Waals surface area contributed by atoms with Gasteiger partial charge in [-0.25, -0.2) is 0 Å². The van der Waals surface area contributed by atoms with Crippen molar-refractivity contribution in [2.75, 3.05) is 26.2 Å². The fraction of sp³-hybridized carbons (Fsp3) is 0.368. The van der Waals surface area contributed by atoms with Crippen molar-refractivity contribution in [2.24, 2.45) is 4.99 Å². The standard InChI is InChI=1S/C19H26N4O/c1-2-20-19(22-13-11-18-10-6-7-12-21-18)23-14-15-24-16-17-8-4-3-5-9-17/h3-10,12H,2,11,13-16H2,1H3,(H2,20,22,23). The van der Waals surface area contributed by atoms with Crippen molar-refractivity contribution in [1.29, 1.82) is 0 Å². The molecular weight excluding hydrogens is 300 g/mol. The Kier molecular flexibility index (Phi) is 8.36. The third-order valence-corrected chi connectivity index (χ3v) is 3.36. The molecule has 1 aromatic carbocycles. The van der Waals surface area contributed by atoms with Crippen LogP contribution in [-0.4, -0.2) is 37.2 Å². The second-order valence-corrected chi connectivity index (χ2v) is 5.30. The van der Waals surface area contributed by atoms with Crippen molar-refractivity contribution < 1.29 is 4.74 Å². The van der Waals surface area contributed by atoms with Gasteiger partial charge in [-0.1, -0.05) is 36.4 Å². The Hall–Kier alpha value is -2.40. The van der Waals surface area contributed by atoms with E-state index in [1.54, 1.807) is 0 Å². The van der Waals surface area contributed by atoms with Gasteiger partial charge in [0.1, 0.15) is 0 Å². The van der Waals surface area contributed by atoms with Crippen molar-refractivity contribution in [3.63, 3.8) is 0 Å². The van der Waals surface area contributed by atoms with Crippen LogP contribution in [0.2, 0.25) is 0 Å². The molecule has 0 fully saturated rings. The van der Waals surface area contributed by atoms with Crippen LogP contribution in [0.1, 0.15) is 18.2 Å². The van der Waals surface area contributed by atoms with Crippen LogP contribution in [0, 0.1) is 0 Å². The number of aliphatic imine (C=N–C) groups is 1. The molecule has 0 aliphatic heterocycles. The van der Waals surface area contributed by atoms with Gasteiger partial charge in [-0.3, -0.25) is 9.98 Å². The molecule has 0 radical (unpaired) electrons. The smallest absolute Gasteiger partial charge is 0.191 e. The number of guanidine groups is 1. The third kappa shape index (κ3) is 7.24. The summed E-state index contributed by atoms with van der Waals surface area (Å²) < 4.78 is 5.65. The molecule has 2 N–H and O–H groups in total. The monoisotopic (exact) mass is 326 g/mol. The Morgan fingerprint density at radius 1 is 1.08 bits per heavy atom. The molecule has 0 atom stereocenters. The fourth-order valence-corrected chi connectivity index (χ4v) is 2.18. The van der Waals surface area contributed by atoms with Gasteiger partial charge in [-0.2, -0.15) is 0 Å². The van der Waals surface area contributed by atoms with Crippen LogP contribution in [0.5, 0.6) is 0 Å². The van der Waals surface area contributed by atoms with Crippen molar-refractivity contribution in [3.05, 3.63) is 66.0 Å². The molecule has 0 spiro atoms. The highest BCUT2D eigenvalue weighted by Crippen LogP contribution is 2.00. The van der Waals surface area contributed by atoms with Crippen LogP contribution in [-0.2, 0) is 17.8 Å². The lowest BCUT2D eigenvalue weighted by molar-refractivity contribution is 0.128. The van der Waals surface area contributed by atoms with Crippen LogP contribution in [0.4, 0.5) is 0 Å². The van der Waals surface area contributed by atoms with E-state index < -0.39 is 0 Å². The molecule has 1 heterocycles. The molecule has 0 saturated carbocycles. The van der Waals surface area contributed by atoms with Gasteiger partial charge in [0, 0.05) is 31.4 Å². The molecule has 0 bridgehead atoms. The topological polar surface area (TPSA) is 58.5 Å². The first-order valence-corrected chi connectivity index (χ1v) is 8.42. The molecule has 5 heteroatoms. The molecule has 0 unspecified atom stereocenters. The number of nitrogens with zero attached hydrogens (tertiary/aromatic N) is 2. The summed E-state index contributed by atoms with van der Waals surface area (Å²) in [5.41, 5.74) is 2.26. The normalized spacial score (nSPS) is 11.3. The lowest BCUT2D eigenvalue weighted by Gasteiger charge is -2.11. The van der Waals surface area contributed by atoms with E-state index in [9.17, 15) is 0 Å². The first-order valence-electron chi connectivity index (χ1n) is 8.42. The predicted molar refractivity (Wildman–Crippen MR) is 98.0 cm³/mol. The number of nitrogens with one attached hydrogen (secondary N) is 2. The van der Waals surface area contributed by atoms with Gasteiger partial charge in [0.2, 0.25) is 0 Å². The molecule has 24 heavy (non-hydrogen) atoms. The highest BCUT2D eigenvalue weighted by atomic mass is 16.5. The first-order chi connectivity index (χ1) is 11.9. The van der Waals surface area contributed by atoms with Crippen LogP contribution in [0.3, 0.4) is 0 Å². The first kappa shape index (κ1) is 17.9. The lowest BCUT2D eigenvalue weighted by atomic mass is 10.2. The van der Waals surface area contributed by atoms with E-state index in [0.29, 0.717) is 19.8 Å². The number of benzene rings is 1. The molecule has 2 rings (SSSR count). The Balaban J connectivity index is 1.66. The van der Waals surface area contributed by atoms with Gasteiger partial charge in [0.25, 0.3) is 0 Å². The second kappa shape index (κ2) is 11.2. The molecule has 128 valence electrons. The minimum Gasteiger partial charge on any atom is -0.375 e. The average molecular weight is 326 g/mol. The molecule has 1 aromatic heterocycles. The number of pyridine rings is 1. The van der Waals surface area contributed by atoms with Crippen molar-refractivity contribution in [2.45, 2.75) is 20.0 Å². The largest absolute Gasteiger partial charge is 0.375 e. The zero-order valence-electron chi connectivity index (χ0n) is 14.2. The SMILES string of the molecule is CCNC(=NCCOCc1ccccc1)NCCc1ccccn1. The average Bonchev–Trinajstić information content (AvgIpc) is 2.63. The molecule has 0 saturated heterocycles. The Morgan fingerprint density at radius 2 is 1.92 bits per heavy atom. The molecule has 2 aromatic rings. The van der Waals surface area contributed by atoms with E-state index >= 15 is 0 Å². The number of rotatable bonds is 9. The summed E-state index contributed by atoms with van der Waals surface area (Å²) in [6.07, 6.45) is 2.69. The van der Waals surface area contributed by atoms with Crippen molar-refractivity contribution in [1.82, 2.24) is 15.6 Å². The molecule has 0 aliphatic carbocycles. The van der Waals surface area contributed by atoms with Crippen LogP contribution in [0.25, 0.3) is 0 Å². The van der Waals surface area contributed by atoms with Gasteiger partial charge in [-0.15, -0.1) is 0 Å². The van der Waals surface area contributed by atoms with E-state index in [4.69, 9.17) is 4.74 Å². The Morgan fingerprint density at radius 3 is 2.67 bits per heavy atom. The summed E-state index contributed by atoms with van der Waals surface area (Å²) in [7, 11) is 0. The minimum absolute atomic E-state index is 0.603. The van der Waals surface area contributed by atoms with Gasteiger partial charge in [-0.05, 0) is 24.6 Å². The third-order valence-electron chi connectivity index (χ3n) is 3.36. The quantitative estimate of drug-likeness (QED) is 0.422. The maximum atomic E-state index is 5.65. The maximum Gasteiger partial charge on any atom is 0.191 e. The number of hydrogen-bond donors (Lipinski definition) is 2. The van der Waals surface area contributed by atoms with Crippen molar-refractivity contribution >= 4 is 5.96 Å². The van der Waals surface area contributed by atoms with Gasteiger partial charge < -0.3 is 15.4 Å². The van der Waals surface area contributed by atoms with E-state index in [1.165, 1.54) is 5.56 Å². The van der Waals surface area contributed by atoms with Crippen LogP contribution < -0.4 is 10.6 Å². The summed E-state index contributed by atoms with van der Waals surface area (Å²) in [6.45, 7) is 5.55. The zero-order chi connectivity index (χ0) is 16.9. The highest BCUT2D eigenvalue weighted by molar-refractivity contribution is 5.79. The van der Waals surface area contributed by atoms with E-state index in [2.05, 4.69) is 39.7 Å². The molecular formula is C19H26N4O. The second-order valence-electron chi connectivity index (χ2n) is 5.30. The number of ether oxygens (including phenoxy) is 1. The zero-order valence-corrected chi connectivity index (χ0v) is 14.2. The predicted octanol–water partition coefficient (Wildman–Crippen LogP) is 2.40. The summed E-state index contributed by atoms with van der Waals surface area (Å²) in [6, 6.07) is 16.1. The summed E-state index contributed by atoms with van der Waals surface area (Å²) in [4.78, 5) is 8.84. The number of aromatic nitrogens is 1. The summed E-state index contributed by atoms with van der Waals surface area (Å²) in [5.74, 6) is 0.816. The number of hydrogen-bond acceptors (Lipinski definition) is 3. The summed E-state index contributed by atoms with van der Waals surface area (Å²) >= 11 is 0. The maximum absolute atomic E-state index is 5.65. The van der Waals surface area contributed by atoms with Gasteiger partial charge in [0.15, 0.2) is 5.96 Å². The molecule has 5 nitrogen and oxygen atoms in total. The van der Waals surface area contributed by atoms with Gasteiger partial charge in [0.05, 0.1) is 19.8 Å². The molecule has 0 aliphatic rings. The van der Waals surface area contributed by atoms with Crippen LogP contribution >= 0.6 is 0 Å². The van der Waals surface area contributed by atoms with E-state index in [1.807, 2.05) is 42.6 Å². The molecule has 0 amide bonds. The van der Waals surface area contributed by atoms with E-state index in [-0.39, 0.29) is 0 Å².